The van der Waals surface area contributed by atoms with Gasteiger partial charge < -0.3 is 29.7 Å². The molecule has 2 fully saturated rings. The Morgan fingerprint density at radius 3 is 2.09 bits per heavy atom. The minimum absolute atomic E-state index is 0.0176. The number of likely N-dealkylation sites (N-methyl/N-ethyl adjacent to an activating group) is 1. The number of urea groups is 1. The molecule has 15 heteroatoms. The fraction of sp³-hybridized carbons (Fsp3) is 0.531. The molecular formula is C32H37F6N5O4. The van der Waals surface area contributed by atoms with E-state index in [0.29, 0.717) is 51.0 Å². The molecule has 0 unspecified atom stereocenters. The Morgan fingerprint density at radius 1 is 0.872 bits per heavy atom. The Labute approximate surface area is 268 Å². The molecule has 2 aromatic carbocycles. The van der Waals surface area contributed by atoms with Crippen LogP contribution >= 0.6 is 0 Å². The van der Waals surface area contributed by atoms with E-state index in [1.165, 1.54) is 9.80 Å². The number of nitrogens with one attached hydrogen (secondary N) is 1. The van der Waals surface area contributed by atoms with Gasteiger partial charge in [0.25, 0.3) is 5.91 Å². The highest BCUT2D eigenvalue weighted by Crippen LogP contribution is 2.37. The van der Waals surface area contributed by atoms with Gasteiger partial charge in [0.05, 0.1) is 11.1 Å². The monoisotopic (exact) mass is 669 g/mol. The van der Waals surface area contributed by atoms with E-state index < -0.39 is 53.6 Å². The summed E-state index contributed by atoms with van der Waals surface area (Å²) in [5.41, 5.74) is -1.70. The second kappa shape index (κ2) is 14.0. The number of halogens is 6. The van der Waals surface area contributed by atoms with Gasteiger partial charge in [-0.1, -0.05) is 25.1 Å². The number of likely N-dealkylation sites (tertiary alicyclic amines) is 1. The van der Waals surface area contributed by atoms with Crippen molar-refractivity contribution in [1.29, 1.82) is 0 Å². The smallest absolute Gasteiger partial charge is 0.416 e. The molecule has 1 atom stereocenters. The predicted molar refractivity (Wildman–Crippen MR) is 160 cm³/mol. The Morgan fingerprint density at radius 2 is 1.49 bits per heavy atom. The summed E-state index contributed by atoms with van der Waals surface area (Å²) in [7, 11) is 0. The highest BCUT2D eigenvalue weighted by atomic mass is 19.4. The van der Waals surface area contributed by atoms with Crippen molar-refractivity contribution in [2.24, 2.45) is 0 Å². The molecule has 0 radical (unpaired) electrons. The first-order valence-corrected chi connectivity index (χ1v) is 15.6. The van der Waals surface area contributed by atoms with Crippen LogP contribution in [-0.4, -0.2) is 102 Å². The van der Waals surface area contributed by atoms with E-state index in [0.717, 1.165) is 17.8 Å². The highest BCUT2D eigenvalue weighted by Gasteiger charge is 2.39. The lowest BCUT2D eigenvalue weighted by Crippen LogP contribution is -2.53. The standard InChI is InChI=1S/C32H37F6N5O4/c1-2-40-13-15-41(16-14-40)28(44)27(19-21-17-23(31(33,34)35)20-24(18-21)32(36,37)38)47-30(46)42-10-8-25(9-11-42)43-12-7-22-5-3-4-6-26(22)39-29(43)45/h3-6,17-18,20,25,27H,2,7-16,19H2,1H3,(H,39,45)/t27-/m1/s1. The van der Waals surface area contributed by atoms with Crippen LogP contribution in [0.2, 0.25) is 0 Å². The minimum Gasteiger partial charge on any atom is -0.436 e. The van der Waals surface area contributed by atoms with Crippen molar-refractivity contribution in [3.05, 3.63) is 64.7 Å². The van der Waals surface area contributed by atoms with E-state index in [9.17, 15) is 40.7 Å². The van der Waals surface area contributed by atoms with Crippen molar-refractivity contribution in [2.45, 2.75) is 57.1 Å². The Hall–Kier alpha value is -4.01. The third kappa shape index (κ3) is 8.29. The molecule has 3 aliphatic heterocycles. The normalized spacial score (nSPS) is 19.1. The lowest BCUT2D eigenvalue weighted by molar-refractivity contribution is -0.143. The van der Waals surface area contributed by atoms with E-state index in [-0.39, 0.29) is 44.3 Å². The predicted octanol–water partition coefficient (Wildman–Crippen LogP) is 5.49. The molecular weight excluding hydrogens is 632 g/mol. The van der Waals surface area contributed by atoms with Crippen LogP contribution < -0.4 is 5.32 Å². The van der Waals surface area contributed by atoms with E-state index in [1.54, 1.807) is 4.90 Å². The molecule has 0 saturated carbocycles. The minimum atomic E-state index is -5.07. The number of rotatable bonds is 6. The van der Waals surface area contributed by atoms with Gasteiger partial charge in [-0.05, 0) is 61.2 Å². The largest absolute Gasteiger partial charge is 0.436 e. The number of alkyl halides is 6. The maximum Gasteiger partial charge on any atom is 0.416 e. The molecule has 0 aliphatic carbocycles. The number of nitrogens with zero attached hydrogens (tertiary/aromatic N) is 4. The van der Waals surface area contributed by atoms with Crippen LogP contribution in [0.3, 0.4) is 0 Å². The van der Waals surface area contributed by atoms with Crippen molar-refractivity contribution in [3.63, 3.8) is 0 Å². The van der Waals surface area contributed by atoms with Crippen LogP contribution in [0.4, 0.5) is 41.6 Å². The van der Waals surface area contributed by atoms with Crippen LogP contribution in [0.25, 0.3) is 0 Å². The lowest BCUT2D eigenvalue weighted by Gasteiger charge is -2.38. The molecule has 9 nitrogen and oxygen atoms in total. The van der Waals surface area contributed by atoms with Gasteiger partial charge >= 0.3 is 24.5 Å². The van der Waals surface area contributed by atoms with E-state index in [4.69, 9.17) is 4.74 Å². The Balaban J connectivity index is 1.29. The lowest BCUT2D eigenvalue weighted by atomic mass is 9.99. The zero-order valence-electron chi connectivity index (χ0n) is 25.9. The number of piperidine rings is 1. The number of hydrogen-bond donors (Lipinski definition) is 1. The van der Waals surface area contributed by atoms with Crippen molar-refractivity contribution < 1.29 is 45.5 Å². The fourth-order valence-electron chi connectivity index (χ4n) is 6.31. The van der Waals surface area contributed by atoms with Crippen LogP contribution in [0.1, 0.15) is 42.0 Å². The van der Waals surface area contributed by atoms with E-state index in [1.807, 2.05) is 31.2 Å². The topological polar surface area (TPSA) is 85.4 Å². The molecule has 0 spiro atoms. The van der Waals surface area contributed by atoms with Gasteiger partial charge in [-0.3, -0.25) is 4.79 Å². The van der Waals surface area contributed by atoms with Gasteiger partial charge in [-0.25, -0.2) is 9.59 Å². The van der Waals surface area contributed by atoms with Crippen molar-refractivity contribution in [3.8, 4) is 0 Å². The number of fused-ring (bicyclic) bond motifs is 1. The summed E-state index contributed by atoms with van der Waals surface area (Å²) in [6.07, 6.45) is -11.9. The number of carbonyl (C=O) groups is 3. The second-order valence-electron chi connectivity index (χ2n) is 12.0. The van der Waals surface area contributed by atoms with Crippen molar-refractivity contribution in [1.82, 2.24) is 19.6 Å². The summed E-state index contributed by atoms with van der Waals surface area (Å²) in [5, 5.41) is 2.93. The van der Waals surface area contributed by atoms with Gasteiger partial charge in [-0.2, -0.15) is 26.3 Å². The van der Waals surface area contributed by atoms with Crippen molar-refractivity contribution >= 4 is 23.7 Å². The third-order valence-electron chi connectivity index (χ3n) is 9.02. The molecule has 256 valence electrons. The van der Waals surface area contributed by atoms with Gasteiger partial charge in [0.1, 0.15) is 0 Å². The van der Waals surface area contributed by atoms with Crippen LogP contribution in [-0.2, 0) is 34.7 Å². The SMILES string of the molecule is CCN1CCN(C(=O)[C@@H](Cc2cc(C(F)(F)F)cc(C(F)(F)F)c2)OC(=O)N2CCC(N3CCc4ccccc4NC3=O)CC2)CC1. The third-order valence-corrected chi connectivity index (χ3v) is 9.02. The first-order valence-electron chi connectivity index (χ1n) is 15.6. The summed E-state index contributed by atoms with van der Waals surface area (Å²) in [6.45, 7) is 5.12. The molecule has 3 aliphatic rings. The van der Waals surface area contributed by atoms with Gasteiger partial charge in [0, 0.05) is 64.0 Å². The van der Waals surface area contributed by atoms with Crippen LogP contribution in [0, 0.1) is 0 Å². The molecule has 2 saturated heterocycles. The average molecular weight is 670 g/mol. The number of para-hydroxylation sites is 1. The number of ether oxygens (including phenoxy) is 1. The fourth-order valence-corrected chi connectivity index (χ4v) is 6.31. The molecule has 4 amide bonds. The Kier molecular flexibility index (Phi) is 10.2. The summed E-state index contributed by atoms with van der Waals surface area (Å²) in [6, 6.07) is 8.21. The average Bonchev–Trinajstić information content (AvgIpc) is 3.21. The molecule has 1 N–H and O–H groups in total. The second-order valence-corrected chi connectivity index (χ2v) is 12.0. The van der Waals surface area contributed by atoms with Gasteiger partial charge in [-0.15, -0.1) is 0 Å². The molecule has 3 heterocycles. The van der Waals surface area contributed by atoms with Crippen molar-refractivity contribution in [2.75, 3.05) is 57.7 Å². The number of anilines is 1. The number of piperazine rings is 1. The quantitative estimate of drug-likeness (QED) is 0.412. The molecule has 5 rings (SSSR count). The number of hydrogen-bond acceptors (Lipinski definition) is 5. The van der Waals surface area contributed by atoms with Crippen LogP contribution in [0.15, 0.2) is 42.5 Å². The maximum atomic E-state index is 13.6. The zero-order chi connectivity index (χ0) is 33.9. The maximum absolute atomic E-state index is 13.6. The van der Waals surface area contributed by atoms with Crippen LogP contribution in [0.5, 0.6) is 0 Å². The first-order chi connectivity index (χ1) is 22.2. The summed E-state index contributed by atoms with van der Waals surface area (Å²) in [4.78, 5) is 46.5. The highest BCUT2D eigenvalue weighted by molar-refractivity contribution is 5.91. The zero-order valence-corrected chi connectivity index (χ0v) is 25.9. The number of amides is 4. The van der Waals surface area contributed by atoms with E-state index in [2.05, 4.69) is 10.2 Å². The molecule has 0 aromatic heterocycles. The molecule has 47 heavy (non-hydrogen) atoms. The number of carbonyl (C=O) groups excluding carboxylic acids is 3. The molecule has 2 aromatic rings. The summed E-state index contributed by atoms with van der Waals surface area (Å²) >= 11 is 0. The summed E-state index contributed by atoms with van der Waals surface area (Å²) in [5.74, 6) is -0.684. The first kappa shape index (κ1) is 34.3. The van der Waals surface area contributed by atoms with Gasteiger partial charge in [0.2, 0.25) is 0 Å². The van der Waals surface area contributed by atoms with E-state index >= 15 is 0 Å². The number of benzene rings is 2. The molecule has 0 bridgehead atoms. The summed E-state index contributed by atoms with van der Waals surface area (Å²) < 4.78 is 87.0. The Bertz CT molecular complexity index is 1420. The van der Waals surface area contributed by atoms with Gasteiger partial charge in [0.15, 0.2) is 6.10 Å².